The summed E-state index contributed by atoms with van der Waals surface area (Å²) in [4.78, 5) is 3.05. The van der Waals surface area contributed by atoms with Crippen LogP contribution in [0.2, 0.25) is 0 Å². The van der Waals surface area contributed by atoms with Gasteiger partial charge in [-0.05, 0) is 31.2 Å². The van der Waals surface area contributed by atoms with E-state index in [2.05, 4.69) is 4.98 Å². The lowest BCUT2D eigenvalue weighted by atomic mass is 10.2. The molecule has 0 saturated carbocycles. The highest BCUT2D eigenvalue weighted by Gasteiger charge is 2.62. The van der Waals surface area contributed by atoms with Gasteiger partial charge in [0.1, 0.15) is 0 Å². The van der Waals surface area contributed by atoms with Crippen LogP contribution < -0.4 is 3.71 Å². The first-order chi connectivity index (χ1) is 14.2. The van der Waals surface area contributed by atoms with Gasteiger partial charge in [-0.25, -0.2) is 13.4 Å². The van der Waals surface area contributed by atoms with Crippen molar-refractivity contribution < 1.29 is 51.6 Å². The molecule has 0 radical (unpaired) electrons. The smallest absolute Gasteiger partial charge is 0.237 e. The van der Waals surface area contributed by atoms with Gasteiger partial charge in [-0.15, -0.1) is 3.71 Å². The van der Waals surface area contributed by atoms with Gasteiger partial charge in [0.2, 0.25) is 0 Å². The van der Waals surface area contributed by atoms with Crippen molar-refractivity contribution in [3.05, 3.63) is 54.2 Å². The van der Waals surface area contributed by atoms with Gasteiger partial charge in [0.05, 0.1) is 4.90 Å². The van der Waals surface area contributed by atoms with Crippen LogP contribution in [0.5, 0.6) is 0 Å². The summed E-state index contributed by atoms with van der Waals surface area (Å²) < 4.78 is 139. The van der Waals surface area contributed by atoms with Crippen molar-refractivity contribution in [3.63, 3.8) is 0 Å². The third kappa shape index (κ3) is 6.46. The van der Waals surface area contributed by atoms with Crippen LogP contribution in [0.25, 0.3) is 0 Å². The van der Waals surface area contributed by atoms with Gasteiger partial charge in [-0.1, -0.05) is 23.8 Å². The normalized spacial score (nSPS) is 13.1. The summed E-state index contributed by atoms with van der Waals surface area (Å²) in [5, 5.41) is 0. The van der Waals surface area contributed by atoms with Gasteiger partial charge in [0, 0.05) is 16.9 Å². The van der Waals surface area contributed by atoms with Crippen molar-refractivity contribution in [2.24, 2.45) is 0 Å². The molecule has 0 N–H and O–H groups in total. The molecule has 2 aromatic rings. The summed E-state index contributed by atoms with van der Waals surface area (Å²) in [6.45, 7) is 1.88. The van der Waals surface area contributed by atoms with Gasteiger partial charge in [-0.3, -0.25) is 0 Å². The van der Waals surface area contributed by atoms with E-state index in [1.807, 2.05) is 6.92 Å². The van der Waals surface area contributed by atoms with E-state index < -0.39 is 49.6 Å². The van der Waals surface area contributed by atoms with E-state index >= 15 is 0 Å². The molecule has 0 aliphatic carbocycles. The van der Waals surface area contributed by atoms with Gasteiger partial charge in [-0.2, -0.15) is 43.2 Å². The molecule has 18 heteroatoms. The van der Waals surface area contributed by atoms with Crippen molar-refractivity contribution in [3.8, 4) is 0 Å². The number of benzene rings is 1. The van der Waals surface area contributed by atoms with Crippen molar-refractivity contribution in [2.45, 2.75) is 22.8 Å². The predicted octanol–water partition coefficient (Wildman–Crippen LogP) is 3.51. The number of aryl methyl sites for hydroxylation is 1. The average Bonchev–Trinajstić information content (AvgIpc) is 2.60. The molecular weight excluding hydrogens is 538 g/mol. The second kappa shape index (κ2) is 9.40. The molecule has 0 fully saturated rings. The summed E-state index contributed by atoms with van der Waals surface area (Å²) in [6.07, 6.45) is 0.625. The molecule has 1 aromatic heterocycles. The maximum Gasteiger partial charge on any atom is 0.517 e. The van der Waals surface area contributed by atoms with E-state index in [1.165, 1.54) is 12.1 Å². The van der Waals surface area contributed by atoms with E-state index in [9.17, 15) is 51.6 Å². The molecule has 0 aliphatic heterocycles. The van der Waals surface area contributed by atoms with Crippen LogP contribution >= 0.6 is 10.7 Å². The third-order valence-corrected chi connectivity index (χ3v) is 8.13. The van der Waals surface area contributed by atoms with E-state index in [1.54, 1.807) is 12.1 Å². The number of aromatic nitrogens is 1. The molecule has 32 heavy (non-hydrogen) atoms. The van der Waals surface area contributed by atoms with Gasteiger partial charge in [0.25, 0.3) is 9.05 Å². The summed E-state index contributed by atoms with van der Waals surface area (Å²) >= 11 is 0. The zero-order chi connectivity index (χ0) is 25.2. The molecule has 0 saturated heterocycles. The van der Waals surface area contributed by atoms with Crippen LogP contribution in [0.1, 0.15) is 5.56 Å². The summed E-state index contributed by atoms with van der Waals surface area (Å²) in [5.74, 6) is -1.56. The predicted molar refractivity (Wildman–Crippen MR) is 101 cm³/mol. The molecule has 0 amide bonds. The number of rotatable bonds is 4. The van der Waals surface area contributed by atoms with Crippen LogP contribution in [0.4, 0.5) is 32.2 Å². The maximum atomic E-state index is 12.4. The maximum absolute atomic E-state index is 12.4. The van der Waals surface area contributed by atoms with Gasteiger partial charge < -0.3 is 0 Å². The first kappa shape index (κ1) is 27.9. The van der Waals surface area contributed by atoms with Crippen molar-refractivity contribution in [1.29, 1.82) is 0 Å². The van der Waals surface area contributed by atoms with Crippen LogP contribution in [0, 0.1) is 6.92 Å². The highest BCUT2D eigenvalue weighted by molar-refractivity contribution is 8.13. The molecule has 1 aromatic carbocycles. The summed E-state index contributed by atoms with van der Waals surface area (Å²) in [7, 11) is -12.2. The Morgan fingerprint density at radius 1 is 0.781 bits per heavy atom. The lowest BCUT2D eigenvalue weighted by molar-refractivity contribution is -0.0462. The number of hydrogen-bond donors (Lipinski definition) is 0. The monoisotopic (exact) mass is 548 g/mol. The zero-order valence-electron chi connectivity index (χ0n) is 15.3. The Bertz CT molecular complexity index is 1200. The van der Waals surface area contributed by atoms with Crippen LogP contribution in [-0.4, -0.2) is 41.3 Å². The second-order valence-electron chi connectivity index (χ2n) is 5.54. The lowest BCUT2D eigenvalue weighted by Gasteiger charge is -2.24. The van der Waals surface area contributed by atoms with Crippen molar-refractivity contribution >= 4 is 45.6 Å². The van der Waals surface area contributed by atoms with Crippen LogP contribution in [0.15, 0.2) is 53.6 Å². The third-order valence-electron chi connectivity index (χ3n) is 3.16. The Morgan fingerprint density at radius 3 is 1.53 bits per heavy atom. The molecule has 0 unspecified atom stereocenters. The summed E-state index contributed by atoms with van der Waals surface area (Å²) in [6, 6.07) is 8.58. The number of nitrogens with zero attached hydrogens (tertiary/aromatic N) is 2. The molecule has 0 atom stereocenters. The van der Waals surface area contributed by atoms with Crippen molar-refractivity contribution in [2.75, 3.05) is 3.71 Å². The van der Waals surface area contributed by atoms with Crippen LogP contribution in [-0.2, 0) is 29.1 Å². The van der Waals surface area contributed by atoms with Crippen LogP contribution in [0.3, 0.4) is 0 Å². The topological polar surface area (TPSA) is 119 Å². The molecule has 0 spiro atoms. The Balaban J connectivity index is 0.000000389. The lowest BCUT2D eigenvalue weighted by Crippen LogP contribution is -2.49. The van der Waals surface area contributed by atoms with E-state index in [0.29, 0.717) is 12.3 Å². The SMILES string of the molecule is Cc1ccc(S(=O)(=O)Cl)cc1.O=S(=O)(N(c1ccccn1)S(=O)(=O)C(F)(F)F)C(F)(F)F. The second-order valence-corrected chi connectivity index (χ2v) is 11.9. The number of sulfonamides is 2. The van der Waals surface area contributed by atoms with Gasteiger partial charge >= 0.3 is 31.1 Å². The fraction of sp³-hybridized carbons (Fsp3) is 0.214. The van der Waals surface area contributed by atoms with E-state index in [0.717, 1.165) is 17.7 Å². The molecule has 0 bridgehead atoms. The Morgan fingerprint density at radius 2 is 1.22 bits per heavy atom. The minimum absolute atomic E-state index is 0.143. The zero-order valence-corrected chi connectivity index (χ0v) is 18.5. The number of pyridine rings is 1. The highest BCUT2D eigenvalue weighted by Crippen LogP contribution is 2.37. The fourth-order valence-electron chi connectivity index (χ4n) is 1.73. The number of hydrogen-bond acceptors (Lipinski definition) is 7. The number of halogens is 7. The highest BCUT2D eigenvalue weighted by atomic mass is 35.7. The number of alkyl halides is 6. The standard InChI is InChI=1S/C7H7ClO2S.C7H4F6N2O4S2/c1-6-2-4-7(5-3-6)11(8,9)10;8-6(9,10)20(16,17)15(5-3-1-2-4-14-5)21(18,19)7(11,12)13/h2-5H,1H3;1-4H. The Kier molecular flexibility index (Phi) is 8.20. The van der Waals surface area contributed by atoms with Gasteiger partial charge in [0.15, 0.2) is 5.82 Å². The molecule has 180 valence electrons. The summed E-state index contributed by atoms with van der Waals surface area (Å²) in [5.41, 5.74) is -11.5. The Labute approximate surface area is 183 Å². The molecule has 1 heterocycles. The number of anilines is 1. The first-order valence-corrected chi connectivity index (χ1v) is 12.8. The minimum Gasteiger partial charge on any atom is -0.237 e. The van der Waals surface area contributed by atoms with E-state index in [4.69, 9.17) is 10.7 Å². The fourth-order valence-corrected chi connectivity index (χ4v) is 5.12. The largest absolute Gasteiger partial charge is 0.517 e. The molecule has 2 rings (SSSR count). The Hall–Kier alpha value is -2.11. The minimum atomic E-state index is -6.87. The molecule has 0 aliphatic rings. The molecule has 8 nitrogen and oxygen atoms in total. The quantitative estimate of drug-likeness (QED) is 0.424. The average molecular weight is 549 g/mol. The first-order valence-electron chi connectivity index (χ1n) is 7.58. The molecular formula is C14H11ClF6N2O6S3. The van der Waals surface area contributed by atoms with Crippen molar-refractivity contribution in [1.82, 2.24) is 4.98 Å². The van der Waals surface area contributed by atoms with E-state index in [-0.39, 0.29) is 4.90 Å².